The third-order valence-electron chi connectivity index (χ3n) is 9.04. The molecular weight excluding hydrogens is 614 g/mol. The van der Waals surface area contributed by atoms with Crippen molar-refractivity contribution in [3.05, 3.63) is 156 Å². The molecule has 8 nitrogen and oxygen atoms in total. The average Bonchev–Trinajstić information content (AvgIpc) is 3.14. The van der Waals surface area contributed by atoms with Gasteiger partial charge in [-0.15, -0.1) is 0 Å². The Morgan fingerprint density at radius 2 is 1.43 bits per heavy atom. The van der Waals surface area contributed by atoms with Crippen LogP contribution in [0.2, 0.25) is 0 Å². The van der Waals surface area contributed by atoms with E-state index in [1.165, 1.54) is 5.56 Å². The molecule has 5 aromatic carbocycles. The van der Waals surface area contributed by atoms with Gasteiger partial charge in [0.05, 0.1) is 18.8 Å². The first-order valence-corrected chi connectivity index (χ1v) is 16.6. The highest BCUT2D eigenvalue weighted by atomic mass is 16.7. The number of anilines is 2. The van der Waals surface area contributed by atoms with E-state index in [9.17, 15) is 9.90 Å². The lowest BCUT2D eigenvalue weighted by atomic mass is 9.89. The summed E-state index contributed by atoms with van der Waals surface area (Å²) in [6, 6.07) is 42.5. The minimum atomic E-state index is -0.661. The molecule has 0 aliphatic carbocycles. The molecule has 2 amide bonds. The van der Waals surface area contributed by atoms with Crippen LogP contribution in [0.15, 0.2) is 133 Å². The number of rotatable bonds is 11. The van der Waals surface area contributed by atoms with Crippen LogP contribution in [0.4, 0.5) is 16.2 Å². The van der Waals surface area contributed by atoms with Gasteiger partial charge in [0.2, 0.25) is 0 Å². The first-order valence-electron chi connectivity index (χ1n) is 16.6. The number of nitrogens with zero attached hydrogens (tertiary/aromatic N) is 1. The maximum atomic E-state index is 13.0. The molecule has 1 saturated heterocycles. The fourth-order valence-corrected chi connectivity index (χ4v) is 6.04. The number of urea groups is 1. The Balaban J connectivity index is 1.15. The zero-order valence-corrected chi connectivity index (χ0v) is 28.0. The van der Waals surface area contributed by atoms with E-state index in [2.05, 4.69) is 60.7 Å². The van der Waals surface area contributed by atoms with Crippen molar-refractivity contribution < 1.29 is 24.1 Å². The molecule has 0 spiro atoms. The Labute approximate surface area is 288 Å². The summed E-state index contributed by atoms with van der Waals surface area (Å²) < 4.78 is 19.2. The topological polar surface area (TPSA) is 92.3 Å². The van der Waals surface area contributed by atoms with Gasteiger partial charge in [0.1, 0.15) is 11.5 Å². The predicted molar refractivity (Wildman–Crippen MR) is 192 cm³/mol. The fraction of sp³-hybridized carbons (Fsp3) is 0.244. The number of aliphatic hydroxyl groups excluding tert-OH is 1. The first-order chi connectivity index (χ1) is 23.9. The number of amides is 2. The van der Waals surface area contributed by atoms with E-state index in [0.717, 1.165) is 22.4 Å². The van der Waals surface area contributed by atoms with Crippen LogP contribution < -0.4 is 15.4 Å². The number of nitrogens with one attached hydrogen (secondary N) is 2. The van der Waals surface area contributed by atoms with Gasteiger partial charge < -0.3 is 30.0 Å². The molecule has 8 heteroatoms. The molecule has 1 fully saturated rings. The maximum Gasteiger partial charge on any atom is 0.323 e. The molecule has 3 N–H and O–H groups in total. The highest BCUT2D eigenvalue weighted by Gasteiger charge is 2.39. The third kappa shape index (κ3) is 8.73. The number of ether oxygens (including phenoxy) is 3. The Bertz CT molecular complexity index is 1780. The summed E-state index contributed by atoms with van der Waals surface area (Å²) >= 11 is 0. The van der Waals surface area contributed by atoms with E-state index in [4.69, 9.17) is 14.2 Å². The fourth-order valence-electron chi connectivity index (χ4n) is 6.04. The van der Waals surface area contributed by atoms with Crippen LogP contribution in [0.3, 0.4) is 0 Å². The van der Waals surface area contributed by atoms with Crippen LogP contribution in [0.1, 0.15) is 54.5 Å². The molecule has 0 unspecified atom stereocenters. The number of hydrogen-bond donors (Lipinski definition) is 3. The molecule has 49 heavy (non-hydrogen) atoms. The second-order valence-corrected chi connectivity index (χ2v) is 12.5. The number of carbonyl (C=O) groups excluding carboxylic acids is 1. The molecule has 0 radical (unpaired) electrons. The van der Waals surface area contributed by atoms with E-state index in [0.29, 0.717) is 23.7 Å². The minimum absolute atomic E-state index is 0.0146. The summed E-state index contributed by atoms with van der Waals surface area (Å²) in [6.45, 7) is 5.04. The smallest absolute Gasteiger partial charge is 0.323 e. The Kier molecular flexibility index (Phi) is 11.0. The lowest BCUT2D eigenvalue weighted by Crippen LogP contribution is -2.44. The molecule has 5 atom stereocenters. The van der Waals surface area contributed by atoms with Crippen molar-refractivity contribution in [3.8, 4) is 11.5 Å². The Morgan fingerprint density at radius 3 is 2.12 bits per heavy atom. The molecule has 6 rings (SSSR count). The van der Waals surface area contributed by atoms with Crippen molar-refractivity contribution in [3.63, 3.8) is 0 Å². The first kappa shape index (κ1) is 33.9. The van der Waals surface area contributed by atoms with Crippen LogP contribution in [-0.4, -0.2) is 35.7 Å². The van der Waals surface area contributed by atoms with Gasteiger partial charge in [0.25, 0.3) is 0 Å². The number of carbonyl (C=O) groups is 1. The van der Waals surface area contributed by atoms with Gasteiger partial charge in [0.15, 0.2) is 6.29 Å². The van der Waals surface area contributed by atoms with Gasteiger partial charge in [-0.2, -0.15) is 0 Å². The number of benzene rings is 5. The van der Waals surface area contributed by atoms with Crippen molar-refractivity contribution in [2.45, 2.75) is 45.0 Å². The quantitative estimate of drug-likeness (QED) is 0.131. The summed E-state index contributed by atoms with van der Waals surface area (Å²) in [5, 5.41) is 15.4. The SMILES string of the molecule is C[C@H]1[C@@H](CN(C)[C@@H](C)c2ccccc2)O[C@@H](c2cccc(NC(=O)Nc3ccc(Oc4ccccc4)cc3)c2)O[C@H]1c1ccc(CO)cc1. The van der Waals surface area contributed by atoms with Crippen molar-refractivity contribution in [2.24, 2.45) is 5.92 Å². The summed E-state index contributed by atoms with van der Waals surface area (Å²) in [4.78, 5) is 15.3. The van der Waals surface area contributed by atoms with Crippen LogP contribution in [0.25, 0.3) is 0 Å². The summed E-state index contributed by atoms with van der Waals surface area (Å²) in [5.74, 6) is 1.46. The van der Waals surface area contributed by atoms with Crippen LogP contribution in [0.5, 0.6) is 11.5 Å². The van der Waals surface area contributed by atoms with E-state index in [1.807, 2.05) is 97.1 Å². The average molecular weight is 658 g/mol. The summed E-state index contributed by atoms with van der Waals surface area (Å²) in [5.41, 5.74) is 5.16. The molecule has 1 heterocycles. The normalized spacial score (nSPS) is 19.6. The van der Waals surface area contributed by atoms with E-state index in [-0.39, 0.29) is 36.8 Å². The van der Waals surface area contributed by atoms with E-state index in [1.54, 1.807) is 12.1 Å². The molecule has 1 aliphatic heterocycles. The number of aliphatic hydroxyl groups is 1. The van der Waals surface area contributed by atoms with Gasteiger partial charge >= 0.3 is 6.03 Å². The second-order valence-electron chi connectivity index (χ2n) is 12.5. The van der Waals surface area contributed by atoms with Crippen molar-refractivity contribution in [2.75, 3.05) is 24.2 Å². The third-order valence-corrected chi connectivity index (χ3v) is 9.04. The lowest BCUT2D eigenvalue weighted by molar-refractivity contribution is -0.276. The number of likely N-dealkylation sites (N-methyl/N-ethyl adjacent to an activating group) is 1. The predicted octanol–water partition coefficient (Wildman–Crippen LogP) is 9.10. The minimum Gasteiger partial charge on any atom is -0.457 e. The zero-order chi connectivity index (χ0) is 34.2. The number of hydrogen-bond acceptors (Lipinski definition) is 6. The molecule has 0 aromatic heterocycles. The van der Waals surface area contributed by atoms with E-state index >= 15 is 0 Å². The van der Waals surface area contributed by atoms with Gasteiger partial charge in [0, 0.05) is 35.4 Å². The summed E-state index contributed by atoms with van der Waals surface area (Å²) in [7, 11) is 2.12. The number of para-hydroxylation sites is 1. The van der Waals surface area contributed by atoms with Gasteiger partial charge in [-0.1, -0.05) is 91.9 Å². The van der Waals surface area contributed by atoms with Crippen molar-refractivity contribution in [1.29, 1.82) is 0 Å². The zero-order valence-electron chi connectivity index (χ0n) is 28.0. The highest BCUT2D eigenvalue weighted by molar-refractivity contribution is 5.99. The van der Waals surface area contributed by atoms with E-state index < -0.39 is 6.29 Å². The van der Waals surface area contributed by atoms with Crippen LogP contribution in [-0.2, 0) is 16.1 Å². The summed E-state index contributed by atoms with van der Waals surface area (Å²) in [6.07, 6.45) is -1.05. The van der Waals surface area contributed by atoms with Gasteiger partial charge in [-0.25, -0.2) is 4.79 Å². The Hall–Kier alpha value is -4.99. The van der Waals surface area contributed by atoms with Crippen molar-refractivity contribution in [1.82, 2.24) is 4.90 Å². The monoisotopic (exact) mass is 657 g/mol. The molecule has 252 valence electrons. The molecule has 0 bridgehead atoms. The van der Waals surface area contributed by atoms with Crippen LogP contribution >= 0.6 is 0 Å². The molecule has 1 aliphatic rings. The van der Waals surface area contributed by atoms with Gasteiger partial charge in [-0.3, -0.25) is 4.90 Å². The standard InChI is InChI=1S/C41H43N3O5/c1-28-38(26-44(3)29(2)31-11-6-4-7-12-31)48-40(49-39(28)32-19-17-30(27-45)18-20-32)33-13-10-14-35(25-33)43-41(46)42-34-21-23-37(24-22-34)47-36-15-8-5-9-16-36/h4-25,28-29,38-40,45H,26-27H2,1-3H3,(H2,42,43,46)/t28-,29-,38+,39+,40+/m0/s1. The maximum absolute atomic E-state index is 13.0. The van der Waals surface area contributed by atoms with Gasteiger partial charge in [-0.05, 0) is 79.2 Å². The molecular formula is C41H43N3O5. The molecule has 5 aromatic rings. The highest BCUT2D eigenvalue weighted by Crippen LogP contribution is 2.42. The Morgan fingerprint density at radius 1 is 0.776 bits per heavy atom. The largest absolute Gasteiger partial charge is 0.457 e. The second kappa shape index (κ2) is 15.9. The lowest BCUT2D eigenvalue weighted by Gasteiger charge is -2.43. The van der Waals surface area contributed by atoms with Crippen LogP contribution in [0, 0.1) is 5.92 Å². The molecule has 0 saturated carbocycles. The van der Waals surface area contributed by atoms with Crippen molar-refractivity contribution >= 4 is 17.4 Å².